The Balaban J connectivity index is 2.92. The van der Waals surface area contributed by atoms with Crippen LogP contribution in [0.25, 0.3) is 0 Å². The summed E-state index contributed by atoms with van der Waals surface area (Å²) in [6, 6.07) is 0. The Morgan fingerprint density at radius 1 is 1.40 bits per heavy atom. The van der Waals surface area contributed by atoms with Gasteiger partial charge in [-0.05, 0) is 19.3 Å². The fraction of sp³-hybridized carbons (Fsp3) is 0.667. The van der Waals surface area contributed by atoms with E-state index in [0.717, 1.165) is 4.90 Å². The van der Waals surface area contributed by atoms with Crippen LogP contribution in [0.5, 0.6) is 0 Å². The Morgan fingerprint density at radius 2 is 2.07 bits per heavy atom. The number of carboxylic acid groups (broad SMARTS) is 2. The molecule has 1 rings (SSSR count). The summed E-state index contributed by atoms with van der Waals surface area (Å²) in [4.78, 5) is 33.2. The minimum atomic E-state index is -1.40. The molecular weight excluding hydrogens is 202 g/mol. The third-order valence-electron chi connectivity index (χ3n) is 2.79. The Kier molecular flexibility index (Phi) is 3.28. The predicted octanol–water partition coefficient (Wildman–Crippen LogP) is 0.563. The highest BCUT2D eigenvalue weighted by molar-refractivity contribution is 5.84. The van der Waals surface area contributed by atoms with E-state index in [0.29, 0.717) is 12.7 Å². The van der Waals surface area contributed by atoms with Crippen molar-refractivity contribution >= 4 is 18.3 Å². The Hall–Kier alpha value is -1.59. The molecule has 0 aromatic rings. The highest BCUT2D eigenvalue weighted by atomic mass is 16.4. The Morgan fingerprint density at radius 3 is 2.53 bits per heavy atom. The van der Waals surface area contributed by atoms with Crippen molar-refractivity contribution in [2.75, 3.05) is 6.54 Å². The van der Waals surface area contributed by atoms with E-state index in [4.69, 9.17) is 10.2 Å². The molecule has 0 radical (unpaired) electrons. The summed E-state index contributed by atoms with van der Waals surface area (Å²) < 4.78 is 0. The molecule has 2 N–H and O–H groups in total. The summed E-state index contributed by atoms with van der Waals surface area (Å²) in [5.41, 5.74) is -1.40. The molecular formula is C9H13NO5. The van der Waals surface area contributed by atoms with E-state index in [9.17, 15) is 14.4 Å². The second-order valence-electron chi connectivity index (χ2n) is 3.58. The van der Waals surface area contributed by atoms with Gasteiger partial charge in [0.25, 0.3) is 0 Å². The molecule has 0 spiro atoms. The van der Waals surface area contributed by atoms with Crippen LogP contribution in [0.1, 0.15) is 25.7 Å². The second kappa shape index (κ2) is 4.29. The molecule has 15 heavy (non-hydrogen) atoms. The average Bonchev–Trinajstić information content (AvgIpc) is 2.59. The lowest BCUT2D eigenvalue weighted by Crippen LogP contribution is -2.52. The van der Waals surface area contributed by atoms with E-state index >= 15 is 0 Å². The minimum Gasteiger partial charge on any atom is -0.479 e. The molecule has 0 unspecified atom stereocenters. The van der Waals surface area contributed by atoms with Gasteiger partial charge in [-0.15, -0.1) is 0 Å². The minimum absolute atomic E-state index is 0.0537. The molecule has 1 atom stereocenters. The zero-order chi connectivity index (χ0) is 11.5. The molecule has 0 saturated carbocycles. The number of rotatable bonds is 4. The second-order valence-corrected chi connectivity index (χ2v) is 3.58. The molecule has 84 valence electrons. The van der Waals surface area contributed by atoms with Crippen LogP contribution in [0.3, 0.4) is 0 Å². The van der Waals surface area contributed by atoms with Gasteiger partial charge in [0.05, 0.1) is 0 Å². The quantitative estimate of drug-likeness (QED) is 0.668. The van der Waals surface area contributed by atoms with Crippen LogP contribution in [-0.2, 0) is 9.59 Å². The van der Waals surface area contributed by atoms with Crippen LogP contribution in [-0.4, -0.2) is 45.5 Å². The van der Waals surface area contributed by atoms with Crippen molar-refractivity contribution in [3.63, 3.8) is 0 Å². The number of aldehydes is 1. The van der Waals surface area contributed by atoms with Gasteiger partial charge in [-0.1, -0.05) is 0 Å². The fourth-order valence-electron chi connectivity index (χ4n) is 2.04. The first kappa shape index (κ1) is 11.5. The molecule has 1 amide bonds. The number of carbonyl (C=O) groups excluding carboxylic acids is 1. The maximum absolute atomic E-state index is 11.1. The molecule has 0 bridgehead atoms. The van der Waals surface area contributed by atoms with E-state index in [2.05, 4.69) is 0 Å². The Labute approximate surface area is 86.5 Å². The van der Waals surface area contributed by atoms with Gasteiger partial charge in [0, 0.05) is 13.0 Å². The van der Waals surface area contributed by atoms with Crippen molar-refractivity contribution in [2.24, 2.45) is 0 Å². The van der Waals surface area contributed by atoms with Crippen molar-refractivity contribution in [1.29, 1.82) is 0 Å². The van der Waals surface area contributed by atoms with Gasteiger partial charge in [-0.2, -0.15) is 0 Å². The molecule has 0 aromatic heterocycles. The summed E-state index contributed by atoms with van der Waals surface area (Å²) >= 11 is 0. The van der Waals surface area contributed by atoms with Crippen LogP contribution >= 0.6 is 0 Å². The van der Waals surface area contributed by atoms with Crippen molar-refractivity contribution in [3.8, 4) is 0 Å². The normalized spacial score (nSPS) is 25.2. The van der Waals surface area contributed by atoms with Crippen LogP contribution in [0, 0.1) is 0 Å². The van der Waals surface area contributed by atoms with E-state index in [1.807, 2.05) is 0 Å². The first-order valence-corrected chi connectivity index (χ1v) is 4.72. The standard InChI is InChI=1S/C9H13NO5/c11-6-2-4-9(7(12)13)3-1-5-10(9)8(14)15/h6H,1-5H2,(H,12,13)(H,14,15)/t9-/m1/s1. The molecule has 1 aliphatic heterocycles. The number of nitrogens with zero attached hydrogens (tertiary/aromatic N) is 1. The summed E-state index contributed by atoms with van der Waals surface area (Å²) in [6.07, 6.45) is 0.304. The highest BCUT2D eigenvalue weighted by Crippen LogP contribution is 2.33. The zero-order valence-corrected chi connectivity index (χ0v) is 8.18. The highest BCUT2D eigenvalue weighted by Gasteiger charge is 2.49. The fourth-order valence-corrected chi connectivity index (χ4v) is 2.04. The van der Waals surface area contributed by atoms with Gasteiger partial charge in [-0.25, -0.2) is 9.59 Å². The molecule has 1 heterocycles. The molecule has 1 saturated heterocycles. The third kappa shape index (κ3) is 1.93. The molecule has 6 heteroatoms. The average molecular weight is 215 g/mol. The van der Waals surface area contributed by atoms with Gasteiger partial charge < -0.3 is 15.0 Å². The predicted molar refractivity (Wildman–Crippen MR) is 49.6 cm³/mol. The van der Waals surface area contributed by atoms with Gasteiger partial charge in [0.15, 0.2) is 0 Å². The maximum atomic E-state index is 11.1. The third-order valence-corrected chi connectivity index (χ3v) is 2.79. The van der Waals surface area contributed by atoms with Crippen LogP contribution < -0.4 is 0 Å². The first-order valence-electron chi connectivity index (χ1n) is 4.72. The maximum Gasteiger partial charge on any atom is 0.408 e. The summed E-state index contributed by atoms with van der Waals surface area (Å²) in [5, 5.41) is 18.0. The van der Waals surface area contributed by atoms with E-state index in [-0.39, 0.29) is 25.8 Å². The first-order chi connectivity index (χ1) is 7.04. The topological polar surface area (TPSA) is 94.9 Å². The van der Waals surface area contributed by atoms with Crippen molar-refractivity contribution in [2.45, 2.75) is 31.2 Å². The van der Waals surface area contributed by atoms with Crippen molar-refractivity contribution in [1.82, 2.24) is 4.90 Å². The lowest BCUT2D eigenvalue weighted by molar-refractivity contribution is -0.149. The zero-order valence-electron chi connectivity index (χ0n) is 8.18. The molecule has 0 aromatic carbocycles. The molecule has 1 aliphatic rings. The number of hydrogen-bond donors (Lipinski definition) is 2. The van der Waals surface area contributed by atoms with Crippen LogP contribution in [0.2, 0.25) is 0 Å². The van der Waals surface area contributed by atoms with Crippen molar-refractivity contribution < 1.29 is 24.6 Å². The van der Waals surface area contributed by atoms with Gasteiger partial charge >= 0.3 is 12.1 Å². The van der Waals surface area contributed by atoms with Crippen LogP contribution in [0.4, 0.5) is 4.79 Å². The number of carbonyl (C=O) groups is 3. The Bertz CT molecular complexity index is 290. The number of aliphatic carboxylic acids is 1. The summed E-state index contributed by atoms with van der Waals surface area (Å²) in [7, 11) is 0. The summed E-state index contributed by atoms with van der Waals surface area (Å²) in [6.45, 7) is 0.223. The monoisotopic (exact) mass is 215 g/mol. The number of hydrogen-bond acceptors (Lipinski definition) is 3. The van der Waals surface area contributed by atoms with Gasteiger partial charge in [-0.3, -0.25) is 4.90 Å². The molecule has 0 aliphatic carbocycles. The SMILES string of the molecule is O=CCC[C@@]1(C(=O)O)CCCN1C(=O)O. The number of amides is 1. The van der Waals surface area contributed by atoms with Crippen molar-refractivity contribution in [3.05, 3.63) is 0 Å². The number of carboxylic acids is 1. The largest absolute Gasteiger partial charge is 0.479 e. The van der Waals surface area contributed by atoms with Gasteiger partial charge in [0.2, 0.25) is 0 Å². The van der Waals surface area contributed by atoms with E-state index < -0.39 is 17.6 Å². The van der Waals surface area contributed by atoms with Crippen LogP contribution in [0.15, 0.2) is 0 Å². The van der Waals surface area contributed by atoms with Gasteiger partial charge in [0.1, 0.15) is 11.8 Å². The van der Waals surface area contributed by atoms with E-state index in [1.54, 1.807) is 0 Å². The number of likely N-dealkylation sites (tertiary alicyclic amines) is 1. The smallest absolute Gasteiger partial charge is 0.408 e. The van der Waals surface area contributed by atoms with E-state index in [1.165, 1.54) is 0 Å². The summed E-state index contributed by atoms with van der Waals surface area (Å²) in [5.74, 6) is -1.16. The molecule has 1 fully saturated rings. The molecule has 6 nitrogen and oxygen atoms in total. The lowest BCUT2D eigenvalue weighted by Gasteiger charge is -2.32. The lowest BCUT2D eigenvalue weighted by atomic mass is 9.91.